The summed E-state index contributed by atoms with van der Waals surface area (Å²) in [5.74, 6) is 0.588. The van der Waals surface area contributed by atoms with Gasteiger partial charge in [0.05, 0.1) is 12.7 Å². The van der Waals surface area contributed by atoms with E-state index in [0.717, 1.165) is 11.1 Å². The van der Waals surface area contributed by atoms with Gasteiger partial charge in [0.15, 0.2) is 5.78 Å². The zero-order chi connectivity index (χ0) is 12.4. The lowest BCUT2D eigenvalue weighted by Crippen LogP contribution is -2.05. The molecule has 0 saturated heterocycles. The lowest BCUT2D eigenvalue weighted by atomic mass is 9.99. The summed E-state index contributed by atoms with van der Waals surface area (Å²) in [5, 5.41) is 0.554. The van der Waals surface area contributed by atoms with Gasteiger partial charge in [0.2, 0.25) is 0 Å². The molecule has 0 aromatic heterocycles. The summed E-state index contributed by atoms with van der Waals surface area (Å²) in [5.41, 5.74) is 2.17. The molecule has 0 heterocycles. The highest BCUT2D eigenvalue weighted by molar-refractivity contribution is 6.31. The maximum Gasteiger partial charge on any atom is 0.193 e. The largest absolute Gasteiger partial charge is 0.496 e. The molecule has 1 aliphatic rings. The molecule has 0 spiro atoms. The molecular weight excluding hydrogens is 236 g/mol. The third-order valence-corrected chi connectivity index (χ3v) is 2.97. The predicted octanol–water partition coefficient (Wildman–Crippen LogP) is 3.73. The van der Waals surface area contributed by atoms with Gasteiger partial charge in [0.25, 0.3) is 0 Å². The Labute approximate surface area is 106 Å². The molecule has 0 fully saturated rings. The minimum Gasteiger partial charge on any atom is -0.496 e. The highest BCUT2D eigenvalue weighted by Crippen LogP contribution is 2.30. The minimum absolute atomic E-state index is 0.0162. The number of halogens is 1. The SMILES string of the molecule is COc1c(C)cc(Cl)cc1C(=O)C1=CC=CC1. The fourth-order valence-corrected chi connectivity index (χ4v) is 2.23. The highest BCUT2D eigenvalue weighted by Gasteiger charge is 2.19. The lowest BCUT2D eigenvalue weighted by molar-refractivity contribution is 0.103. The number of carbonyl (C=O) groups excluding carboxylic acids is 1. The molecule has 2 nitrogen and oxygen atoms in total. The number of hydrogen-bond acceptors (Lipinski definition) is 2. The molecule has 0 atom stereocenters. The molecule has 0 radical (unpaired) electrons. The van der Waals surface area contributed by atoms with Crippen molar-refractivity contribution >= 4 is 17.4 Å². The first-order valence-electron chi connectivity index (χ1n) is 5.38. The molecule has 1 aliphatic carbocycles. The van der Waals surface area contributed by atoms with E-state index >= 15 is 0 Å². The minimum atomic E-state index is -0.0162. The Morgan fingerprint density at radius 1 is 1.41 bits per heavy atom. The maximum atomic E-state index is 12.3. The number of carbonyl (C=O) groups is 1. The van der Waals surface area contributed by atoms with E-state index in [2.05, 4.69) is 0 Å². The van der Waals surface area contributed by atoms with E-state index in [-0.39, 0.29) is 5.78 Å². The quantitative estimate of drug-likeness (QED) is 0.762. The van der Waals surface area contributed by atoms with Crippen molar-refractivity contribution in [2.24, 2.45) is 0 Å². The second-order valence-corrected chi connectivity index (χ2v) is 4.39. The third-order valence-electron chi connectivity index (χ3n) is 2.75. The van der Waals surface area contributed by atoms with Gasteiger partial charge in [0.1, 0.15) is 5.75 Å². The third kappa shape index (κ3) is 2.27. The van der Waals surface area contributed by atoms with Gasteiger partial charge in [-0.3, -0.25) is 4.79 Å². The van der Waals surface area contributed by atoms with Gasteiger partial charge in [-0.25, -0.2) is 0 Å². The average molecular weight is 249 g/mol. The van der Waals surface area contributed by atoms with Gasteiger partial charge < -0.3 is 4.74 Å². The number of benzene rings is 1. The van der Waals surface area contributed by atoms with Crippen LogP contribution in [0.25, 0.3) is 0 Å². The second kappa shape index (κ2) is 4.76. The molecule has 0 aliphatic heterocycles. The summed E-state index contributed by atoms with van der Waals surface area (Å²) in [4.78, 5) is 12.3. The zero-order valence-electron chi connectivity index (χ0n) is 9.79. The molecule has 17 heavy (non-hydrogen) atoms. The normalized spacial score (nSPS) is 13.7. The number of ketones is 1. The van der Waals surface area contributed by atoms with E-state index in [0.29, 0.717) is 22.8 Å². The van der Waals surface area contributed by atoms with E-state index < -0.39 is 0 Å². The molecule has 3 heteroatoms. The number of Topliss-reactive ketones (excluding diaryl/α,β-unsaturated/α-hetero) is 1. The summed E-state index contributed by atoms with van der Waals surface area (Å²) >= 11 is 5.99. The summed E-state index contributed by atoms with van der Waals surface area (Å²) in [7, 11) is 1.56. The fourth-order valence-electron chi connectivity index (χ4n) is 1.96. The van der Waals surface area contributed by atoms with Crippen molar-refractivity contribution in [3.8, 4) is 5.75 Å². The Balaban J connectivity index is 2.47. The zero-order valence-corrected chi connectivity index (χ0v) is 10.5. The van der Waals surface area contributed by atoms with Gasteiger partial charge in [-0.2, -0.15) is 0 Å². The van der Waals surface area contributed by atoms with Gasteiger partial charge in [-0.1, -0.05) is 29.8 Å². The lowest BCUT2D eigenvalue weighted by Gasteiger charge is -2.11. The highest BCUT2D eigenvalue weighted by atomic mass is 35.5. The number of allylic oxidation sites excluding steroid dienone is 4. The Kier molecular flexibility index (Phi) is 3.34. The Morgan fingerprint density at radius 2 is 2.18 bits per heavy atom. The van der Waals surface area contributed by atoms with E-state index in [1.54, 1.807) is 19.2 Å². The van der Waals surface area contributed by atoms with Crippen molar-refractivity contribution in [3.05, 3.63) is 52.1 Å². The fraction of sp³-hybridized carbons (Fsp3) is 0.214. The van der Waals surface area contributed by atoms with Crippen molar-refractivity contribution in [2.75, 3.05) is 7.11 Å². The monoisotopic (exact) mass is 248 g/mol. The van der Waals surface area contributed by atoms with Gasteiger partial charge in [0, 0.05) is 10.6 Å². The molecule has 0 amide bonds. The Morgan fingerprint density at radius 3 is 2.76 bits per heavy atom. The van der Waals surface area contributed by atoms with Crippen LogP contribution in [0.15, 0.2) is 35.9 Å². The predicted molar refractivity (Wildman–Crippen MR) is 68.9 cm³/mol. The molecule has 0 unspecified atom stereocenters. The van der Waals surface area contributed by atoms with Gasteiger partial charge >= 0.3 is 0 Å². The number of methoxy groups -OCH3 is 1. The van der Waals surface area contributed by atoms with E-state index in [9.17, 15) is 4.79 Å². The molecule has 1 aromatic carbocycles. The summed E-state index contributed by atoms with van der Waals surface area (Å²) in [6.07, 6.45) is 6.35. The molecule has 0 bridgehead atoms. The van der Waals surface area contributed by atoms with Crippen molar-refractivity contribution in [2.45, 2.75) is 13.3 Å². The standard InChI is InChI=1S/C14H13ClO2/c1-9-7-11(15)8-12(14(9)17-2)13(16)10-5-3-4-6-10/h3-5,7-8H,6H2,1-2H3. The molecule has 1 aromatic rings. The maximum absolute atomic E-state index is 12.3. The van der Waals surface area contributed by atoms with Crippen LogP contribution in [0.1, 0.15) is 22.3 Å². The smallest absolute Gasteiger partial charge is 0.193 e. The number of hydrogen-bond donors (Lipinski definition) is 0. The summed E-state index contributed by atoms with van der Waals surface area (Å²) in [6.45, 7) is 1.88. The van der Waals surface area contributed by atoms with E-state index in [1.807, 2.05) is 25.2 Å². The van der Waals surface area contributed by atoms with Crippen LogP contribution in [-0.2, 0) is 0 Å². The number of rotatable bonds is 3. The van der Waals surface area contributed by atoms with Crippen molar-refractivity contribution < 1.29 is 9.53 Å². The van der Waals surface area contributed by atoms with Crippen LogP contribution in [0.4, 0.5) is 0 Å². The molecule has 0 N–H and O–H groups in total. The van der Waals surface area contributed by atoms with Crippen molar-refractivity contribution in [1.29, 1.82) is 0 Å². The average Bonchev–Trinajstić information content (AvgIpc) is 2.80. The van der Waals surface area contributed by atoms with Crippen LogP contribution in [0.3, 0.4) is 0 Å². The first kappa shape index (κ1) is 11.9. The first-order valence-corrected chi connectivity index (χ1v) is 5.76. The number of ether oxygens (including phenoxy) is 1. The first-order chi connectivity index (χ1) is 8.13. The van der Waals surface area contributed by atoms with Crippen LogP contribution >= 0.6 is 11.6 Å². The van der Waals surface area contributed by atoms with Gasteiger partial charge in [-0.05, 0) is 31.0 Å². The Bertz CT molecular complexity index is 527. The molecule has 0 saturated carbocycles. The molecule has 2 rings (SSSR count). The summed E-state index contributed by atoms with van der Waals surface area (Å²) < 4.78 is 5.28. The Hall–Kier alpha value is -1.54. The van der Waals surface area contributed by atoms with Crippen LogP contribution in [0.2, 0.25) is 5.02 Å². The van der Waals surface area contributed by atoms with E-state index in [4.69, 9.17) is 16.3 Å². The van der Waals surface area contributed by atoms with Gasteiger partial charge in [-0.15, -0.1) is 0 Å². The van der Waals surface area contributed by atoms with Crippen LogP contribution < -0.4 is 4.74 Å². The topological polar surface area (TPSA) is 26.3 Å². The molecule has 88 valence electrons. The number of aryl methyl sites for hydroxylation is 1. The van der Waals surface area contributed by atoms with Crippen LogP contribution in [-0.4, -0.2) is 12.9 Å². The second-order valence-electron chi connectivity index (χ2n) is 3.96. The molecular formula is C14H13ClO2. The van der Waals surface area contributed by atoms with Crippen LogP contribution in [0.5, 0.6) is 5.75 Å². The van der Waals surface area contributed by atoms with Crippen molar-refractivity contribution in [1.82, 2.24) is 0 Å². The summed E-state index contributed by atoms with van der Waals surface area (Å²) in [6, 6.07) is 3.45. The van der Waals surface area contributed by atoms with E-state index in [1.165, 1.54) is 0 Å². The van der Waals surface area contributed by atoms with Crippen LogP contribution in [0, 0.1) is 6.92 Å². The van der Waals surface area contributed by atoms with Crippen molar-refractivity contribution in [3.63, 3.8) is 0 Å².